The lowest BCUT2D eigenvalue weighted by molar-refractivity contribution is -0.0884. The zero-order chi connectivity index (χ0) is 28.8. The van der Waals surface area contributed by atoms with Gasteiger partial charge in [0.15, 0.2) is 16.7 Å². The molecule has 40 heavy (non-hydrogen) atoms. The monoisotopic (exact) mass is 577 g/mol. The van der Waals surface area contributed by atoms with Crippen LogP contribution < -0.4 is 4.90 Å². The van der Waals surface area contributed by atoms with Crippen LogP contribution in [0, 0.1) is 17.0 Å². The molecule has 0 radical (unpaired) electrons. The third kappa shape index (κ3) is 5.74. The molecule has 2 fully saturated rings. The lowest BCUT2D eigenvalue weighted by Crippen LogP contribution is -2.74. The van der Waals surface area contributed by atoms with Crippen LogP contribution in [0.25, 0.3) is 11.5 Å². The van der Waals surface area contributed by atoms with Crippen molar-refractivity contribution < 1.29 is 31.5 Å². The minimum atomic E-state index is -2.87. The molecule has 2 aliphatic heterocycles. The first kappa shape index (κ1) is 27.8. The highest BCUT2D eigenvalue weighted by Gasteiger charge is 2.55. The van der Waals surface area contributed by atoms with E-state index in [4.69, 9.17) is 21.4 Å². The van der Waals surface area contributed by atoms with Crippen LogP contribution in [0.1, 0.15) is 38.7 Å². The normalized spacial score (nSPS) is 16.1. The predicted molar refractivity (Wildman–Crippen MR) is 142 cm³/mol. The Kier molecular flexibility index (Phi) is 7.19. The summed E-state index contributed by atoms with van der Waals surface area (Å²) in [6.07, 6.45) is -3.22. The van der Waals surface area contributed by atoms with Crippen molar-refractivity contribution in [2.24, 2.45) is 5.41 Å². The highest BCUT2D eigenvalue weighted by atomic mass is 32.1. The van der Waals surface area contributed by atoms with E-state index >= 15 is 0 Å². The number of halogens is 4. The molecule has 1 amide bonds. The summed E-state index contributed by atoms with van der Waals surface area (Å²) in [6.45, 7) is 7.99. The van der Waals surface area contributed by atoms with Gasteiger partial charge >= 0.3 is 12.5 Å². The van der Waals surface area contributed by atoms with Crippen molar-refractivity contribution >= 4 is 29.1 Å². The van der Waals surface area contributed by atoms with Gasteiger partial charge < -0.3 is 23.9 Å². The lowest BCUT2D eigenvalue weighted by Gasteiger charge is -2.61. The quantitative estimate of drug-likeness (QED) is 0.279. The van der Waals surface area contributed by atoms with Gasteiger partial charge in [-0.25, -0.2) is 13.6 Å². The fraction of sp³-hybridized carbons (Fsp3) is 0.407. The predicted octanol–water partition coefficient (Wildman–Crippen LogP) is 5.80. The Morgan fingerprint density at radius 1 is 1.05 bits per heavy atom. The van der Waals surface area contributed by atoms with Gasteiger partial charge in [-0.2, -0.15) is 8.78 Å². The van der Waals surface area contributed by atoms with Crippen LogP contribution in [0.2, 0.25) is 0 Å². The number of hydrogen-bond acceptors (Lipinski definition) is 6. The number of thiocarbonyl (C=S) groups is 1. The molecule has 1 spiro atoms. The standard InChI is InChI=1S/C27H27F4N5O3S/c1-26(2,3)39-25(37)35-14-27(15-35)12-34(13-27)24(40)36(18-8-9-19(28)20(29)10-18)11-16-4-6-17(7-5-16)22-32-33-23(38-22)21(30)31/h4-10,21H,11-15H2,1-3H3. The molecule has 3 heterocycles. The molecular weight excluding hydrogens is 550 g/mol. The highest BCUT2D eigenvalue weighted by Crippen LogP contribution is 2.41. The van der Waals surface area contributed by atoms with Gasteiger partial charge in [0, 0.05) is 48.9 Å². The van der Waals surface area contributed by atoms with E-state index in [1.807, 2.05) is 25.7 Å². The van der Waals surface area contributed by atoms with Gasteiger partial charge in [0.1, 0.15) is 5.60 Å². The summed E-state index contributed by atoms with van der Waals surface area (Å²) < 4.78 is 63.9. The van der Waals surface area contributed by atoms with Crippen LogP contribution in [0.15, 0.2) is 46.9 Å². The molecule has 1 aromatic heterocycles. The summed E-state index contributed by atoms with van der Waals surface area (Å²) in [5, 5.41) is 7.41. The molecule has 212 valence electrons. The maximum atomic E-state index is 14.2. The zero-order valence-corrected chi connectivity index (χ0v) is 22.9. The summed E-state index contributed by atoms with van der Waals surface area (Å²) in [5.41, 5.74) is 0.921. The molecule has 2 aliphatic rings. The smallest absolute Gasteiger partial charge is 0.410 e. The van der Waals surface area contributed by atoms with E-state index in [1.165, 1.54) is 6.07 Å². The molecule has 0 unspecified atom stereocenters. The molecule has 0 saturated carbocycles. The van der Waals surface area contributed by atoms with E-state index in [0.29, 0.717) is 42.5 Å². The van der Waals surface area contributed by atoms with Crippen LogP contribution in [0.5, 0.6) is 0 Å². The lowest BCUT2D eigenvalue weighted by atomic mass is 9.73. The van der Waals surface area contributed by atoms with Crippen LogP contribution in [0.3, 0.4) is 0 Å². The Bertz CT molecular complexity index is 1410. The number of amides is 1. The summed E-state index contributed by atoms with van der Waals surface area (Å²) in [5.74, 6) is -2.77. The number of benzene rings is 2. The van der Waals surface area contributed by atoms with E-state index in [0.717, 1.165) is 17.7 Å². The van der Waals surface area contributed by atoms with E-state index < -0.39 is 29.6 Å². The molecule has 2 aromatic carbocycles. The minimum Gasteiger partial charge on any atom is -0.444 e. The van der Waals surface area contributed by atoms with Gasteiger partial charge in [0.2, 0.25) is 5.89 Å². The van der Waals surface area contributed by atoms with Gasteiger partial charge in [0.05, 0.1) is 6.54 Å². The van der Waals surface area contributed by atoms with Crippen molar-refractivity contribution in [3.63, 3.8) is 0 Å². The number of carbonyl (C=O) groups is 1. The van der Waals surface area contributed by atoms with Crippen molar-refractivity contribution in [1.29, 1.82) is 0 Å². The van der Waals surface area contributed by atoms with Gasteiger partial charge in [-0.05, 0) is 62.8 Å². The molecule has 0 N–H and O–H groups in total. The average Bonchev–Trinajstić information content (AvgIpc) is 3.32. The van der Waals surface area contributed by atoms with Crippen molar-refractivity contribution in [2.75, 3.05) is 31.1 Å². The molecule has 0 aliphatic carbocycles. The van der Waals surface area contributed by atoms with E-state index in [2.05, 4.69) is 10.2 Å². The molecule has 0 bridgehead atoms. The first-order valence-electron chi connectivity index (χ1n) is 12.5. The SMILES string of the molecule is CC(C)(C)OC(=O)N1CC2(C1)CN(C(=S)N(Cc1ccc(-c3nnc(C(F)F)o3)cc1)c1ccc(F)c(F)c1)C2. The van der Waals surface area contributed by atoms with Crippen LogP contribution >= 0.6 is 12.2 Å². The number of nitrogens with zero attached hydrogens (tertiary/aromatic N) is 5. The summed E-state index contributed by atoms with van der Waals surface area (Å²) in [7, 11) is 0. The fourth-order valence-corrected chi connectivity index (χ4v) is 5.08. The molecule has 0 atom stereocenters. The third-order valence-electron chi connectivity index (χ3n) is 6.64. The number of ether oxygens (including phenoxy) is 1. The maximum Gasteiger partial charge on any atom is 0.410 e. The number of hydrogen-bond donors (Lipinski definition) is 0. The fourth-order valence-electron chi connectivity index (χ4n) is 4.79. The average molecular weight is 578 g/mol. The number of aromatic nitrogens is 2. The summed E-state index contributed by atoms with van der Waals surface area (Å²) >= 11 is 5.79. The Balaban J connectivity index is 1.28. The first-order valence-corrected chi connectivity index (χ1v) is 12.9. The maximum absolute atomic E-state index is 14.2. The summed E-state index contributed by atoms with van der Waals surface area (Å²) in [6, 6.07) is 10.3. The van der Waals surface area contributed by atoms with Gasteiger partial charge in [-0.1, -0.05) is 12.1 Å². The number of carbonyl (C=O) groups excluding carboxylic acids is 1. The largest absolute Gasteiger partial charge is 0.444 e. The van der Waals surface area contributed by atoms with E-state index in [-0.39, 0.29) is 23.9 Å². The number of alkyl halides is 2. The van der Waals surface area contributed by atoms with Crippen molar-refractivity contribution in [1.82, 2.24) is 20.0 Å². The Hall–Kier alpha value is -3.74. The first-order chi connectivity index (χ1) is 18.8. The zero-order valence-electron chi connectivity index (χ0n) is 22.0. The summed E-state index contributed by atoms with van der Waals surface area (Å²) in [4.78, 5) is 17.6. The van der Waals surface area contributed by atoms with Crippen molar-refractivity contribution in [3.8, 4) is 11.5 Å². The number of likely N-dealkylation sites (tertiary alicyclic amines) is 2. The molecule has 8 nitrogen and oxygen atoms in total. The second-order valence-electron chi connectivity index (χ2n) is 11.1. The minimum absolute atomic E-state index is 0.0402. The van der Waals surface area contributed by atoms with Crippen molar-refractivity contribution in [2.45, 2.75) is 39.3 Å². The van der Waals surface area contributed by atoms with E-state index in [9.17, 15) is 22.4 Å². The van der Waals surface area contributed by atoms with Gasteiger partial charge in [0.25, 0.3) is 5.89 Å². The van der Waals surface area contributed by atoms with Crippen LogP contribution in [-0.2, 0) is 11.3 Å². The molecular formula is C27H27F4N5O3S. The van der Waals surface area contributed by atoms with Crippen LogP contribution in [-0.4, -0.2) is 63.0 Å². The second-order valence-corrected chi connectivity index (χ2v) is 11.5. The van der Waals surface area contributed by atoms with Gasteiger partial charge in [-0.3, -0.25) is 0 Å². The number of anilines is 1. The molecule has 13 heteroatoms. The van der Waals surface area contributed by atoms with Crippen LogP contribution in [0.4, 0.5) is 28.0 Å². The third-order valence-corrected chi connectivity index (χ3v) is 7.12. The molecule has 5 rings (SSSR count). The second kappa shape index (κ2) is 10.3. The topological polar surface area (TPSA) is 74.9 Å². The van der Waals surface area contributed by atoms with Crippen molar-refractivity contribution in [3.05, 3.63) is 65.6 Å². The van der Waals surface area contributed by atoms with E-state index in [1.54, 1.807) is 34.1 Å². The Labute approximate surface area is 233 Å². The number of rotatable bonds is 5. The van der Waals surface area contributed by atoms with Gasteiger partial charge in [-0.15, -0.1) is 10.2 Å². The molecule has 3 aromatic rings. The highest BCUT2D eigenvalue weighted by molar-refractivity contribution is 7.80. The Morgan fingerprint density at radius 2 is 1.70 bits per heavy atom. The Morgan fingerprint density at radius 3 is 2.27 bits per heavy atom. The molecule has 2 saturated heterocycles.